The maximum absolute atomic E-state index is 13.3. The topological polar surface area (TPSA) is 26.0 Å². The van der Waals surface area contributed by atoms with E-state index >= 15 is 0 Å². The molecule has 0 bridgehead atoms. The Morgan fingerprint density at radius 3 is 1.74 bits per heavy atom. The molecule has 0 saturated carbocycles. The Balaban J connectivity index is 3.60. The van der Waals surface area contributed by atoms with Gasteiger partial charge in [0, 0.05) is 6.07 Å². The maximum atomic E-state index is 13.3. The van der Waals surface area contributed by atoms with Crippen LogP contribution >= 0.6 is 0 Å². The molecule has 0 heterocycles. The lowest BCUT2D eigenvalue weighted by Crippen LogP contribution is -2.31. The van der Waals surface area contributed by atoms with Gasteiger partial charge in [-0.3, -0.25) is 0 Å². The van der Waals surface area contributed by atoms with Crippen LogP contribution in [-0.4, -0.2) is 6.18 Å². The third-order valence-electron chi connectivity index (χ3n) is 2.15. The lowest BCUT2D eigenvalue weighted by atomic mass is 10.0. The van der Waals surface area contributed by atoms with Gasteiger partial charge in [0.15, 0.2) is 0 Å². The molecular weight excluding hydrogens is 293 g/mol. The highest BCUT2D eigenvalue weighted by molar-refractivity contribution is 5.33. The lowest BCUT2D eigenvalue weighted by Gasteiger charge is -2.19. The number of hydrogen-bond donors (Lipinski definition) is 1. The van der Waals surface area contributed by atoms with Gasteiger partial charge >= 0.3 is 12.4 Å². The molecule has 2 N–H and O–H groups in total. The van der Waals surface area contributed by atoms with E-state index in [9.17, 15) is 39.5 Å². The molecule has 1 nitrogen and oxygen atoms in total. The van der Waals surface area contributed by atoms with E-state index in [1.54, 1.807) is 0 Å². The second kappa shape index (κ2) is 4.58. The highest BCUT2D eigenvalue weighted by atomic mass is 19.4. The Morgan fingerprint density at radius 1 is 0.895 bits per heavy atom. The van der Waals surface area contributed by atoms with Crippen molar-refractivity contribution in [3.8, 4) is 0 Å². The number of nitrogens with two attached hydrogens (primary N) is 1. The fourth-order valence-electron chi connectivity index (χ4n) is 1.31. The van der Waals surface area contributed by atoms with E-state index < -0.39 is 53.0 Å². The largest absolute Gasteiger partial charge is 0.422 e. The Bertz CT molecular complexity index is 488. The minimum atomic E-state index is -5.62. The standard InChI is InChI=1S/C9H4F9N/c10-2-1-3(11)5(8(13,14)15)6(12)4(2)7(19)9(16,17)18/h1,7H,19H2/t7-/m1/s1. The fraction of sp³-hybridized carbons (Fsp3) is 0.333. The van der Waals surface area contributed by atoms with Crippen LogP contribution in [0.3, 0.4) is 0 Å². The first-order chi connectivity index (χ1) is 8.37. The molecule has 0 aliphatic rings. The summed E-state index contributed by atoms with van der Waals surface area (Å²) in [5, 5.41) is 0. The van der Waals surface area contributed by atoms with Crippen molar-refractivity contribution in [2.45, 2.75) is 18.4 Å². The van der Waals surface area contributed by atoms with Crippen LogP contribution < -0.4 is 5.73 Å². The van der Waals surface area contributed by atoms with Crippen LogP contribution in [0.4, 0.5) is 39.5 Å². The number of rotatable bonds is 1. The summed E-state index contributed by atoms with van der Waals surface area (Å²) in [6, 6.07) is -3.83. The van der Waals surface area contributed by atoms with Crippen molar-refractivity contribution >= 4 is 0 Å². The molecule has 1 atom stereocenters. The summed E-state index contributed by atoms with van der Waals surface area (Å²) in [6.07, 6.45) is -11.0. The van der Waals surface area contributed by atoms with Crippen molar-refractivity contribution < 1.29 is 39.5 Å². The van der Waals surface area contributed by atoms with Gasteiger partial charge in [0.25, 0.3) is 0 Å². The van der Waals surface area contributed by atoms with Crippen molar-refractivity contribution in [3.05, 3.63) is 34.6 Å². The predicted molar refractivity (Wildman–Crippen MR) is 44.3 cm³/mol. The third-order valence-corrected chi connectivity index (χ3v) is 2.15. The zero-order chi connectivity index (χ0) is 15.2. The zero-order valence-electron chi connectivity index (χ0n) is 8.63. The average molecular weight is 297 g/mol. The first-order valence-electron chi connectivity index (χ1n) is 4.44. The third kappa shape index (κ3) is 2.94. The minimum absolute atomic E-state index is 0.493. The normalized spacial score (nSPS) is 14.6. The molecule has 0 fully saturated rings. The lowest BCUT2D eigenvalue weighted by molar-refractivity contribution is -0.153. The van der Waals surface area contributed by atoms with E-state index in [1.165, 1.54) is 0 Å². The van der Waals surface area contributed by atoms with Gasteiger partial charge in [-0.05, 0) is 0 Å². The van der Waals surface area contributed by atoms with Gasteiger partial charge < -0.3 is 5.73 Å². The maximum Gasteiger partial charge on any atom is 0.422 e. The molecular formula is C9H4F9N. The van der Waals surface area contributed by atoms with Crippen molar-refractivity contribution in [2.24, 2.45) is 5.73 Å². The van der Waals surface area contributed by atoms with Crippen molar-refractivity contribution in [3.63, 3.8) is 0 Å². The summed E-state index contributed by atoms with van der Waals surface area (Å²) in [4.78, 5) is 0. The summed E-state index contributed by atoms with van der Waals surface area (Å²) in [5.41, 5.74) is -0.263. The van der Waals surface area contributed by atoms with E-state index in [2.05, 4.69) is 5.73 Å². The summed E-state index contributed by atoms with van der Waals surface area (Å²) < 4.78 is 112. The molecule has 0 aliphatic heterocycles. The quantitative estimate of drug-likeness (QED) is 0.786. The van der Waals surface area contributed by atoms with Gasteiger partial charge in [0.2, 0.25) is 0 Å². The second-order valence-electron chi connectivity index (χ2n) is 3.46. The molecule has 0 amide bonds. The van der Waals surface area contributed by atoms with Crippen LogP contribution in [0, 0.1) is 17.5 Å². The van der Waals surface area contributed by atoms with Gasteiger partial charge in [-0.25, -0.2) is 13.2 Å². The molecule has 1 aromatic rings. The molecule has 19 heavy (non-hydrogen) atoms. The molecule has 0 radical (unpaired) electrons. The predicted octanol–water partition coefficient (Wildman–Crippen LogP) is 3.68. The van der Waals surface area contributed by atoms with Crippen LogP contribution in [0.25, 0.3) is 0 Å². The second-order valence-corrected chi connectivity index (χ2v) is 3.46. The van der Waals surface area contributed by atoms with Crippen molar-refractivity contribution in [1.82, 2.24) is 0 Å². The molecule has 0 aliphatic carbocycles. The molecule has 108 valence electrons. The summed E-state index contributed by atoms with van der Waals surface area (Å²) in [5.74, 6) is -7.22. The molecule has 0 spiro atoms. The molecule has 1 aromatic carbocycles. The van der Waals surface area contributed by atoms with Crippen LogP contribution in [0.1, 0.15) is 17.2 Å². The van der Waals surface area contributed by atoms with Crippen molar-refractivity contribution in [2.75, 3.05) is 0 Å². The van der Waals surface area contributed by atoms with Gasteiger partial charge in [0.05, 0.1) is 5.56 Å². The Kier molecular flexibility index (Phi) is 3.76. The summed E-state index contributed by atoms with van der Waals surface area (Å²) >= 11 is 0. The van der Waals surface area contributed by atoms with Crippen LogP contribution in [0.2, 0.25) is 0 Å². The molecule has 1 rings (SSSR count). The molecule has 10 heteroatoms. The Hall–Kier alpha value is -1.45. The molecule has 0 unspecified atom stereocenters. The Morgan fingerprint density at radius 2 is 1.37 bits per heavy atom. The molecule has 0 saturated heterocycles. The van der Waals surface area contributed by atoms with Crippen LogP contribution in [0.15, 0.2) is 6.07 Å². The first-order valence-corrected chi connectivity index (χ1v) is 4.44. The highest BCUT2D eigenvalue weighted by Crippen LogP contribution is 2.40. The fourth-order valence-corrected chi connectivity index (χ4v) is 1.31. The van der Waals surface area contributed by atoms with Crippen molar-refractivity contribution in [1.29, 1.82) is 0 Å². The van der Waals surface area contributed by atoms with E-state index in [-0.39, 0.29) is 0 Å². The number of alkyl halides is 6. The van der Waals surface area contributed by atoms with Crippen LogP contribution in [-0.2, 0) is 6.18 Å². The molecule has 0 aromatic heterocycles. The monoisotopic (exact) mass is 297 g/mol. The van der Waals surface area contributed by atoms with Gasteiger partial charge in [-0.15, -0.1) is 0 Å². The highest BCUT2D eigenvalue weighted by Gasteiger charge is 2.46. The van der Waals surface area contributed by atoms with E-state index in [0.717, 1.165) is 0 Å². The Labute approximate surface area is 99.4 Å². The number of benzene rings is 1. The zero-order valence-corrected chi connectivity index (χ0v) is 8.63. The average Bonchev–Trinajstić information content (AvgIpc) is 2.11. The van der Waals surface area contributed by atoms with Gasteiger partial charge in [-0.1, -0.05) is 0 Å². The van der Waals surface area contributed by atoms with Gasteiger partial charge in [-0.2, -0.15) is 26.3 Å². The van der Waals surface area contributed by atoms with Crippen LogP contribution in [0.5, 0.6) is 0 Å². The smallest absolute Gasteiger partial charge is 0.316 e. The minimum Gasteiger partial charge on any atom is -0.316 e. The summed E-state index contributed by atoms with van der Waals surface area (Å²) in [6.45, 7) is 0. The number of hydrogen-bond acceptors (Lipinski definition) is 1. The first kappa shape index (κ1) is 15.6. The van der Waals surface area contributed by atoms with E-state index in [1.807, 2.05) is 0 Å². The SMILES string of the molecule is N[C@H](c1c(F)cc(F)c(C(F)(F)F)c1F)C(F)(F)F. The van der Waals surface area contributed by atoms with E-state index in [4.69, 9.17) is 0 Å². The summed E-state index contributed by atoms with van der Waals surface area (Å²) in [7, 11) is 0. The van der Waals surface area contributed by atoms with Gasteiger partial charge in [0.1, 0.15) is 29.1 Å². The van der Waals surface area contributed by atoms with E-state index in [0.29, 0.717) is 0 Å². The number of halogens is 9.